The van der Waals surface area contributed by atoms with Crippen LogP contribution in [0.25, 0.3) is 32.7 Å². The van der Waals surface area contributed by atoms with Crippen molar-refractivity contribution in [3.63, 3.8) is 0 Å². The first-order chi connectivity index (χ1) is 61.5. The van der Waals surface area contributed by atoms with Crippen molar-refractivity contribution in [1.82, 2.24) is 59.3 Å². The summed E-state index contributed by atoms with van der Waals surface area (Å²) in [5.41, 5.74) is 6.44. The van der Waals surface area contributed by atoms with Crippen molar-refractivity contribution in [1.29, 1.82) is 0 Å². The molecule has 0 spiro atoms. The molecule has 6 N–H and O–H groups in total. The number of fused-ring (bicyclic) bond motifs is 3. The van der Waals surface area contributed by atoms with Crippen LogP contribution in [0.5, 0.6) is 0 Å². The van der Waals surface area contributed by atoms with Gasteiger partial charge in [0.15, 0.2) is 0 Å². The average molecular weight is 1750 g/mol. The van der Waals surface area contributed by atoms with E-state index in [1.165, 1.54) is 18.2 Å². The summed E-state index contributed by atoms with van der Waals surface area (Å²) in [4.78, 5) is 108. The maximum Gasteiger partial charge on any atom is 0.354 e. The second-order valence-electron chi connectivity index (χ2n) is 29.4. The van der Waals surface area contributed by atoms with Crippen molar-refractivity contribution < 1.29 is 116 Å². The molecule has 6 aromatic heterocycles. The van der Waals surface area contributed by atoms with Crippen molar-refractivity contribution in [3.05, 3.63) is 214 Å². The van der Waals surface area contributed by atoms with Gasteiger partial charge in [0.2, 0.25) is 0 Å². The zero-order chi connectivity index (χ0) is 88.7. The maximum atomic E-state index is 11.7. The van der Waals surface area contributed by atoms with Crippen molar-refractivity contribution >= 4 is 68.5 Å². The minimum atomic E-state index is -1.05. The van der Waals surface area contributed by atoms with Crippen molar-refractivity contribution in [2.24, 2.45) is 0 Å². The largest absolute Gasteiger partial charge is 0.478 e. The Hall–Kier alpha value is -10.6. The van der Waals surface area contributed by atoms with Gasteiger partial charge in [0.05, 0.1) is 226 Å². The average Bonchev–Trinajstić information content (AvgIpc) is 0.814. The molecule has 0 unspecified atom stereocenters. The van der Waals surface area contributed by atoms with Crippen LogP contribution in [-0.4, -0.2) is 363 Å². The van der Waals surface area contributed by atoms with Crippen LogP contribution in [0.2, 0.25) is 0 Å². The van der Waals surface area contributed by atoms with Gasteiger partial charge < -0.3 is 87.5 Å². The molecule has 0 bridgehead atoms. The standard InChI is InChI=1S/C34H40N4O8.C30H38N4O8.C26H36N4O8/c39-33(40)29-5-1-3-25-7-9-27(35-31(25)29)23-37-11-15-43-19-21-45-17-13-38(14-18-46-22-20-44-16-12-37)24-28-10-8-26-4-2-6-30(34(41)42)32(26)36-28;35-29(36)26-5-1-3-23-7-8-25(32-28(23)26)22-34-11-15-41-19-17-39-13-9-33(10-14-40-18-20-42-16-12-34)21-24-4-2-6-27(31-24)30(37)38;31-25(32)23-5-1-3-21(27-23)19-29-7-11-35-15-17-37-13-9-30(10-14-38-18-16-36-12-8-29)20-22-4-2-6-24(28-22)26(33)34/h1-10H,11-24H2,(H,39,40)(H,41,42);1-8H,9-22H2,(H,35,36)(H,37,38);1-6H,7-20H2,(H,31,32)(H,33,34). The second-order valence-corrected chi connectivity index (χ2v) is 29.4. The fourth-order valence-electron chi connectivity index (χ4n) is 13.7. The molecule has 0 aliphatic carbocycles. The molecule has 3 aliphatic heterocycles. The van der Waals surface area contributed by atoms with Gasteiger partial charge in [-0.25, -0.2) is 43.7 Å². The minimum Gasteiger partial charge on any atom is -0.478 e. The van der Waals surface area contributed by atoms with Crippen molar-refractivity contribution in [2.75, 3.05) is 237 Å². The van der Waals surface area contributed by atoms with Crippen LogP contribution in [-0.2, 0) is 96.1 Å². The summed E-state index contributed by atoms with van der Waals surface area (Å²) in [5, 5.41) is 58.7. The Balaban J connectivity index is 0.000000198. The zero-order valence-electron chi connectivity index (χ0n) is 71.0. The number of carboxylic acid groups (broad SMARTS) is 6. The van der Waals surface area contributed by atoms with Gasteiger partial charge in [-0.3, -0.25) is 44.4 Å². The Bertz CT molecular complexity index is 4610. The first-order valence-electron chi connectivity index (χ1n) is 42.2. The first-order valence-corrected chi connectivity index (χ1v) is 42.2. The van der Waals surface area contributed by atoms with Crippen LogP contribution < -0.4 is 0 Å². The van der Waals surface area contributed by atoms with Crippen LogP contribution in [0, 0.1) is 0 Å². The highest BCUT2D eigenvalue weighted by Crippen LogP contribution is 2.23. The van der Waals surface area contributed by atoms with E-state index in [9.17, 15) is 59.4 Å². The predicted molar refractivity (Wildman–Crippen MR) is 461 cm³/mol. The molecule has 3 fully saturated rings. The van der Waals surface area contributed by atoms with Crippen molar-refractivity contribution in [2.45, 2.75) is 39.3 Å². The van der Waals surface area contributed by atoms with E-state index >= 15 is 0 Å². The normalized spacial score (nSPS) is 17.8. The Morgan fingerprint density at radius 3 is 0.556 bits per heavy atom. The number of nitrogens with zero attached hydrogens (tertiary/aromatic N) is 12. The minimum absolute atomic E-state index is 0.0225. The number of aromatic carboxylic acids is 6. The predicted octanol–water partition coefficient (Wildman–Crippen LogP) is 7.23. The van der Waals surface area contributed by atoms with E-state index in [2.05, 4.69) is 59.3 Å². The van der Waals surface area contributed by atoms with Gasteiger partial charge in [-0.1, -0.05) is 72.8 Å². The lowest BCUT2D eigenvalue weighted by molar-refractivity contribution is 0.00597. The number of ether oxygens (including phenoxy) is 12. The third-order valence-electron chi connectivity index (χ3n) is 20.3. The lowest BCUT2D eigenvalue weighted by Gasteiger charge is -2.23. The van der Waals surface area contributed by atoms with Gasteiger partial charge in [0.1, 0.15) is 17.1 Å². The number of carbonyl (C=O) groups is 6. The first kappa shape index (κ1) is 97.6. The molecular formula is C90H114N12O24. The number of hydrogen-bond acceptors (Lipinski definition) is 30. The Morgan fingerprint density at radius 1 is 0.206 bits per heavy atom. The molecule has 9 heterocycles. The number of carboxylic acids is 6. The molecule has 0 radical (unpaired) electrons. The number of benzene rings is 3. The third-order valence-corrected chi connectivity index (χ3v) is 20.3. The zero-order valence-corrected chi connectivity index (χ0v) is 71.0. The molecule has 0 saturated carbocycles. The molecule has 3 aromatic carbocycles. The highest BCUT2D eigenvalue weighted by atomic mass is 16.6. The fraction of sp³-hybridized carbons (Fsp3) is 0.467. The number of aromatic nitrogens is 6. The van der Waals surface area contributed by atoms with Gasteiger partial charge in [-0.2, -0.15) is 0 Å². The lowest BCUT2D eigenvalue weighted by Crippen LogP contribution is -2.33. The number of hydrogen-bond donors (Lipinski definition) is 6. The van der Waals surface area contributed by atoms with E-state index in [1.807, 2.05) is 72.8 Å². The summed E-state index contributed by atoms with van der Waals surface area (Å²) < 4.78 is 69.7. The van der Waals surface area contributed by atoms with Gasteiger partial charge in [0.25, 0.3) is 0 Å². The Labute approximate surface area is 730 Å². The van der Waals surface area contributed by atoms with Gasteiger partial charge in [-0.15, -0.1) is 0 Å². The summed E-state index contributed by atoms with van der Waals surface area (Å²) in [5.74, 6) is -6.14. The highest BCUT2D eigenvalue weighted by Gasteiger charge is 2.21. The van der Waals surface area contributed by atoms with E-state index in [-0.39, 0.29) is 33.8 Å². The summed E-state index contributed by atoms with van der Waals surface area (Å²) in [6, 6.07) is 41.9. The molecule has 126 heavy (non-hydrogen) atoms. The van der Waals surface area contributed by atoms with Crippen LogP contribution in [0.4, 0.5) is 0 Å². The smallest absolute Gasteiger partial charge is 0.354 e. The molecule has 3 aliphatic rings. The fourth-order valence-corrected chi connectivity index (χ4v) is 13.7. The molecule has 9 aromatic rings. The van der Waals surface area contributed by atoms with Gasteiger partial charge >= 0.3 is 35.8 Å². The van der Waals surface area contributed by atoms with E-state index in [1.54, 1.807) is 54.6 Å². The summed E-state index contributed by atoms with van der Waals surface area (Å²) in [6.45, 7) is 22.1. The number of pyridine rings is 6. The summed E-state index contributed by atoms with van der Waals surface area (Å²) in [6.07, 6.45) is 0. The van der Waals surface area contributed by atoms with Gasteiger partial charge in [0, 0.05) is 134 Å². The topological polar surface area (TPSA) is 431 Å². The second kappa shape index (κ2) is 55.1. The van der Waals surface area contributed by atoms with E-state index < -0.39 is 35.8 Å². The van der Waals surface area contributed by atoms with Crippen LogP contribution >= 0.6 is 0 Å². The summed E-state index contributed by atoms with van der Waals surface area (Å²) in [7, 11) is 0. The van der Waals surface area contributed by atoms with Crippen molar-refractivity contribution in [3.8, 4) is 0 Å². The lowest BCUT2D eigenvalue weighted by atomic mass is 10.1. The number of rotatable bonds is 18. The van der Waals surface area contributed by atoms with Crippen LogP contribution in [0.3, 0.4) is 0 Å². The monoisotopic (exact) mass is 1750 g/mol. The van der Waals surface area contributed by atoms with Gasteiger partial charge in [-0.05, 0) is 72.8 Å². The van der Waals surface area contributed by atoms with Crippen LogP contribution in [0.1, 0.15) is 96.7 Å². The molecule has 36 nitrogen and oxygen atoms in total. The highest BCUT2D eigenvalue weighted by molar-refractivity contribution is 6.03. The molecule has 678 valence electrons. The molecule has 0 atom stereocenters. The molecule has 3 saturated heterocycles. The SMILES string of the molecule is O=C(O)c1cccc(CN2CCOCCOCCN(Cc3ccc4cccc(C(=O)O)c4n3)CCOCCOCC2)n1.O=C(O)c1cccc(CN2CCOCCOCCN(Cc3cccc(C(=O)O)n3)CCOCCOCC2)n1.O=C(O)c1cccc2ccc(CN3CCOCCOCCN(Cc4ccc5cccc(C(=O)O)c5n4)CCOCCOCC3)nc12. The van der Waals surface area contributed by atoms with Crippen LogP contribution in [0.15, 0.2) is 146 Å². The van der Waals surface area contributed by atoms with E-state index in [4.69, 9.17) is 56.8 Å². The third kappa shape index (κ3) is 35.0. The maximum absolute atomic E-state index is 11.7. The molecule has 36 heteroatoms. The van der Waals surface area contributed by atoms with E-state index in [0.717, 1.165) is 33.2 Å². The van der Waals surface area contributed by atoms with E-state index in [0.29, 0.717) is 310 Å². The molecular weight excluding hydrogens is 1630 g/mol. The summed E-state index contributed by atoms with van der Waals surface area (Å²) >= 11 is 0. The molecule has 0 amide bonds. The molecule has 12 rings (SSSR count). The quantitative estimate of drug-likeness (QED) is 0.0493. The Morgan fingerprint density at radius 2 is 0.381 bits per heavy atom. The Kier molecular flexibility index (Phi) is 42.7. The number of para-hydroxylation sites is 3.